The quantitative estimate of drug-likeness (QED) is 0.465. The van der Waals surface area contributed by atoms with Gasteiger partial charge in [0.25, 0.3) is 10.0 Å². The van der Waals surface area contributed by atoms with Gasteiger partial charge in [-0.05, 0) is 50.6 Å². The zero-order valence-corrected chi connectivity index (χ0v) is 17.0. The summed E-state index contributed by atoms with van der Waals surface area (Å²) >= 11 is -1.35. The third-order valence-electron chi connectivity index (χ3n) is 4.32. The van der Waals surface area contributed by atoms with Gasteiger partial charge in [0, 0.05) is 11.6 Å². The summed E-state index contributed by atoms with van der Waals surface area (Å²) < 4.78 is 43.5. The van der Waals surface area contributed by atoms with Crippen molar-refractivity contribution in [2.45, 2.75) is 37.3 Å². The average molecular weight is 404 g/mol. The molecule has 6 nitrogen and oxygen atoms in total. The summed E-state index contributed by atoms with van der Waals surface area (Å²) in [7, 11) is -3.75. The van der Waals surface area contributed by atoms with E-state index >= 15 is 0 Å². The summed E-state index contributed by atoms with van der Waals surface area (Å²) in [4.78, 5) is 4.68. The molecule has 1 unspecified atom stereocenters. The van der Waals surface area contributed by atoms with Crippen LogP contribution in [0, 0.1) is 0 Å². The summed E-state index contributed by atoms with van der Waals surface area (Å²) in [6, 6.07) is 13.5. The first-order valence-corrected chi connectivity index (χ1v) is 11.2. The number of rotatable bonds is 6. The largest absolute Gasteiger partial charge is 0.591 e. The second-order valence-corrected chi connectivity index (χ2v) is 9.57. The zero-order valence-electron chi connectivity index (χ0n) is 15.4. The minimum Gasteiger partial charge on any atom is -0.591 e. The summed E-state index contributed by atoms with van der Waals surface area (Å²) in [6.45, 7) is 5.56. The van der Waals surface area contributed by atoms with Gasteiger partial charge in [0.2, 0.25) is 0 Å². The van der Waals surface area contributed by atoms with Gasteiger partial charge >= 0.3 is 0 Å². The van der Waals surface area contributed by atoms with E-state index in [0.29, 0.717) is 22.4 Å². The minimum absolute atomic E-state index is 0.0500. The predicted molar refractivity (Wildman–Crippen MR) is 109 cm³/mol. The van der Waals surface area contributed by atoms with Crippen molar-refractivity contribution < 1.29 is 13.0 Å². The van der Waals surface area contributed by atoms with E-state index in [0.717, 1.165) is 6.42 Å². The molecule has 0 N–H and O–H groups in total. The van der Waals surface area contributed by atoms with Gasteiger partial charge in [-0.25, -0.2) is 17.4 Å². The fourth-order valence-corrected chi connectivity index (χ4v) is 4.65. The fraction of sp³-hybridized carbons (Fsp3) is 0.263. The molecular formula is C19H21N3O3S2. The maximum atomic E-state index is 12.9. The van der Waals surface area contributed by atoms with Gasteiger partial charge < -0.3 is 4.55 Å². The van der Waals surface area contributed by atoms with Gasteiger partial charge in [0.1, 0.15) is 11.0 Å². The van der Waals surface area contributed by atoms with Crippen LogP contribution in [0.15, 0.2) is 64.0 Å². The van der Waals surface area contributed by atoms with Crippen LogP contribution in [0.1, 0.15) is 32.9 Å². The highest BCUT2D eigenvalue weighted by Crippen LogP contribution is 2.21. The van der Waals surface area contributed by atoms with Crippen molar-refractivity contribution in [1.29, 1.82) is 0 Å². The molecule has 27 heavy (non-hydrogen) atoms. The molecule has 3 rings (SSSR count). The molecule has 3 aromatic rings. The first-order chi connectivity index (χ1) is 12.8. The molecule has 0 amide bonds. The Morgan fingerprint density at radius 2 is 1.93 bits per heavy atom. The Balaban J connectivity index is 2.06. The Kier molecular flexibility index (Phi) is 5.69. The number of benzene rings is 1. The van der Waals surface area contributed by atoms with Crippen LogP contribution in [-0.2, 0) is 21.4 Å². The smallest absolute Gasteiger partial charge is 0.269 e. The SMILES string of the molecule is CC[C@H](C)[S+]([O-])N=C(C)c1ccc2ccn(S(=O)(=O)c3ccccc3)c2n1. The monoisotopic (exact) mass is 403 g/mol. The summed E-state index contributed by atoms with van der Waals surface area (Å²) in [5, 5.41) is 0.653. The molecule has 142 valence electrons. The van der Waals surface area contributed by atoms with Gasteiger partial charge in [-0.15, -0.1) is 0 Å². The molecule has 0 radical (unpaired) electrons. The number of hydrogen-bond acceptors (Lipinski definition) is 5. The Morgan fingerprint density at radius 3 is 2.59 bits per heavy atom. The molecule has 0 saturated heterocycles. The Labute approximate surface area is 162 Å². The molecule has 0 saturated carbocycles. The number of hydrogen-bond donors (Lipinski definition) is 0. The molecule has 2 heterocycles. The van der Waals surface area contributed by atoms with Crippen LogP contribution >= 0.6 is 0 Å². The standard InChI is InChI=1S/C19H21N3O3S2/c1-4-14(2)26(23)21-15(3)18-11-10-16-12-13-22(19(16)20-18)27(24,25)17-8-6-5-7-9-17/h5-14H,4H2,1-3H3/t14-,26?/m0/s1. The van der Waals surface area contributed by atoms with Crippen molar-refractivity contribution in [3.05, 3.63) is 60.4 Å². The average Bonchev–Trinajstić information content (AvgIpc) is 3.11. The van der Waals surface area contributed by atoms with Crippen molar-refractivity contribution in [3.8, 4) is 0 Å². The number of fused-ring (bicyclic) bond motifs is 1. The van der Waals surface area contributed by atoms with Gasteiger partial charge in [0.15, 0.2) is 5.65 Å². The Bertz CT molecular complexity index is 1080. The molecule has 8 heteroatoms. The molecular weight excluding hydrogens is 382 g/mol. The molecule has 0 aliphatic carbocycles. The van der Waals surface area contributed by atoms with E-state index in [-0.39, 0.29) is 10.1 Å². The number of pyridine rings is 1. The van der Waals surface area contributed by atoms with Crippen LogP contribution in [0.5, 0.6) is 0 Å². The van der Waals surface area contributed by atoms with Gasteiger partial charge in [-0.2, -0.15) is 0 Å². The van der Waals surface area contributed by atoms with E-state index in [9.17, 15) is 13.0 Å². The van der Waals surface area contributed by atoms with Crippen LogP contribution in [0.2, 0.25) is 0 Å². The number of aromatic nitrogens is 2. The maximum Gasteiger partial charge on any atom is 0.269 e. The van der Waals surface area contributed by atoms with E-state index in [2.05, 4.69) is 9.38 Å². The lowest BCUT2D eigenvalue weighted by molar-refractivity contribution is 0.582. The predicted octanol–water partition coefficient (Wildman–Crippen LogP) is 3.54. The second-order valence-electron chi connectivity index (χ2n) is 6.21. The molecule has 0 fully saturated rings. The van der Waals surface area contributed by atoms with Gasteiger partial charge in [-0.1, -0.05) is 29.5 Å². The lowest BCUT2D eigenvalue weighted by Crippen LogP contribution is -2.16. The summed E-state index contributed by atoms with van der Waals surface area (Å²) in [5.41, 5.74) is 1.34. The van der Waals surface area contributed by atoms with E-state index in [4.69, 9.17) is 0 Å². The highest BCUT2D eigenvalue weighted by molar-refractivity contribution is 7.91. The van der Waals surface area contributed by atoms with Crippen LogP contribution in [-0.4, -0.2) is 32.9 Å². The van der Waals surface area contributed by atoms with Crippen molar-refractivity contribution >= 4 is 38.1 Å². The van der Waals surface area contributed by atoms with E-state index in [1.54, 1.807) is 55.5 Å². The zero-order chi connectivity index (χ0) is 19.6. The van der Waals surface area contributed by atoms with Crippen molar-refractivity contribution in [3.63, 3.8) is 0 Å². The molecule has 1 aromatic carbocycles. The highest BCUT2D eigenvalue weighted by atomic mass is 32.2. The molecule has 0 aliphatic heterocycles. The molecule has 0 bridgehead atoms. The highest BCUT2D eigenvalue weighted by Gasteiger charge is 2.20. The number of nitrogens with zero attached hydrogens (tertiary/aromatic N) is 3. The summed E-state index contributed by atoms with van der Waals surface area (Å²) in [5.74, 6) is 0. The van der Waals surface area contributed by atoms with Crippen molar-refractivity contribution in [2.75, 3.05) is 0 Å². The van der Waals surface area contributed by atoms with Crippen LogP contribution < -0.4 is 0 Å². The van der Waals surface area contributed by atoms with Gasteiger partial charge in [0.05, 0.1) is 22.0 Å². The first kappa shape index (κ1) is 19.6. The topological polar surface area (TPSA) is 87.4 Å². The first-order valence-electron chi connectivity index (χ1n) is 8.59. The molecule has 2 aromatic heterocycles. The minimum atomic E-state index is -3.75. The van der Waals surface area contributed by atoms with Crippen LogP contribution in [0.25, 0.3) is 11.0 Å². The molecule has 2 atom stereocenters. The third kappa shape index (κ3) is 3.92. The lowest BCUT2D eigenvalue weighted by atomic mass is 10.2. The lowest BCUT2D eigenvalue weighted by Gasteiger charge is -2.11. The maximum absolute atomic E-state index is 12.9. The van der Waals surface area contributed by atoms with Crippen molar-refractivity contribution in [1.82, 2.24) is 8.96 Å². The van der Waals surface area contributed by atoms with E-state index in [1.807, 2.05) is 13.8 Å². The Morgan fingerprint density at radius 1 is 1.22 bits per heavy atom. The Hall–Kier alpha value is -2.16. The van der Waals surface area contributed by atoms with Crippen LogP contribution in [0.4, 0.5) is 0 Å². The second kappa shape index (κ2) is 7.84. The fourth-order valence-electron chi connectivity index (χ4n) is 2.50. The summed E-state index contributed by atoms with van der Waals surface area (Å²) in [6.07, 6.45) is 2.25. The normalized spacial score (nSPS) is 15.0. The van der Waals surface area contributed by atoms with E-state index in [1.165, 1.54) is 10.2 Å². The third-order valence-corrected chi connectivity index (χ3v) is 7.48. The van der Waals surface area contributed by atoms with E-state index < -0.39 is 21.4 Å². The molecule has 0 spiro atoms. The van der Waals surface area contributed by atoms with Gasteiger partial charge in [-0.3, -0.25) is 0 Å². The van der Waals surface area contributed by atoms with Crippen molar-refractivity contribution in [2.24, 2.45) is 4.40 Å². The van der Waals surface area contributed by atoms with Crippen LogP contribution in [0.3, 0.4) is 0 Å². The molecule has 0 aliphatic rings.